The van der Waals surface area contributed by atoms with Crippen LogP contribution >= 0.6 is 0 Å². The van der Waals surface area contributed by atoms with E-state index in [0.717, 1.165) is 5.56 Å². The molecule has 0 radical (unpaired) electrons. The predicted octanol–water partition coefficient (Wildman–Crippen LogP) is 4.01. The van der Waals surface area contributed by atoms with Gasteiger partial charge in [0.1, 0.15) is 6.61 Å². The van der Waals surface area contributed by atoms with Gasteiger partial charge in [0.25, 0.3) is 5.91 Å². The van der Waals surface area contributed by atoms with Crippen molar-refractivity contribution in [2.24, 2.45) is 0 Å². The summed E-state index contributed by atoms with van der Waals surface area (Å²) in [4.78, 5) is 23.0. The third-order valence-electron chi connectivity index (χ3n) is 4.92. The van der Waals surface area contributed by atoms with Crippen molar-refractivity contribution in [2.75, 3.05) is 46.2 Å². The molecule has 0 fully saturated rings. The molecule has 190 valence electrons. The van der Waals surface area contributed by atoms with Crippen LogP contribution in [0.4, 0.5) is 0 Å². The zero-order valence-electron chi connectivity index (χ0n) is 21.5. The quantitative estimate of drug-likeness (QED) is 0.391. The van der Waals surface area contributed by atoms with E-state index in [-0.39, 0.29) is 24.3 Å². The number of hydrogen-bond donors (Lipinski definition) is 1. The fourth-order valence-electron chi connectivity index (χ4n) is 2.92. The summed E-state index contributed by atoms with van der Waals surface area (Å²) >= 11 is 0. The van der Waals surface area contributed by atoms with Crippen LogP contribution in [-0.2, 0) is 19.0 Å². The predicted molar refractivity (Wildman–Crippen MR) is 133 cm³/mol. The van der Waals surface area contributed by atoms with Crippen molar-refractivity contribution in [1.29, 1.82) is 0 Å². The number of ketones is 1. The summed E-state index contributed by atoms with van der Waals surface area (Å²) in [5, 5.41) is 7.31. The second kappa shape index (κ2) is 17.0. The molecule has 1 N–H and O–H groups in total. The van der Waals surface area contributed by atoms with E-state index in [0.29, 0.717) is 51.1 Å². The number of Topliss-reactive ketones (excluding diaryl/α,β-unsaturated/α-hetero) is 1. The van der Waals surface area contributed by atoms with Crippen LogP contribution < -0.4 is 5.32 Å². The van der Waals surface area contributed by atoms with Gasteiger partial charge in [0.2, 0.25) is 0 Å². The molecule has 0 aliphatic rings. The Balaban J connectivity index is 0.00000281. The van der Waals surface area contributed by atoms with Crippen molar-refractivity contribution in [3.8, 4) is 0 Å². The number of aromatic nitrogens is 2. The van der Waals surface area contributed by atoms with E-state index in [4.69, 9.17) is 14.2 Å². The number of ether oxygens (including phenoxy) is 3. The first-order chi connectivity index (χ1) is 16.4. The molecule has 0 aliphatic carbocycles. The molecule has 0 bridgehead atoms. The monoisotopic (exact) mass is 475 g/mol. The molecular weight excluding hydrogens is 434 g/mol. The van der Waals surface area contributed by atoms with Crippen LogP contribution in [0.25, 0.3) is 0 Å². The lowest BCUT2D eigenvalue weighted by Gasteiger charge is -2.13. The molecule has 1 aromatic carbocycles. The number of nitrogens with one attached hydrogen (secondary N) is 1. The smallest absolute Gasteiger partial charge is 0.251 e. The molecule has 34 heavy (non-hydrogen) atoms. The highest BCUT2D eigenvalue weighted by Gasteiger charge is 2.12. The Hall–Kier alpha value is -2.55. The zero-order valence-corrected chi connectivity index (χ0v) is 21.5. The normalized spacial score (nSPS) is 11.6. The first-order valence-corrected chi connectivity index (χ1v) is 12.0. The van der Waals surface area contributed by atoms with Crippen LogP contribution in [-0.4, -0.2) is 67.7 Å². The van der Waals surface area contributed by atoms with Crippen LogP contribution in [0.1, 0.15) is 75.0 Å². The number of carbonyl (C=O) groups excluding carboxylic acids is 2. The number of amides is 1. The van der Waals surface area contributed by atoms with E-state index >= 15 is 0 Å². The van der Waals surface area contributed by atoms with Crippen LogP contribution in [0.5, 0.6) is 0 Å². The molecule has 0 aliphatic heterocycles. The second-order valence-corrected chi connectivity index (χ2v) is 7.94. The minimum atomic E-state index is -0.132. The third kappa shape index (κ3) is 11.0. The van der Waals surface area contributed by atoms with Crippen LogP contribution in [0, 0.1) is 0 Å². The fourth-order valence-corrected chi connectivity index (χ4v) is 2.92. The molecule has 0 saturated carbocycles. The van der Waals surface area contributed by atoms with Crippen molar-refractivity contribution < 1.29 is 23.8 Å². The third-order valence-corrected chi connectivity index (χ3v) is 4.92. The van der Waals surface area contributed by atoms with E-state index in [9.17, 15) is 9.59 Å². The molecule has 1 atom stereocenters. The minimum Gasteiger partial charge on any atom is -0.377 e. The van der Waals surface area contributed by atoms with Gasteiger partial charge in [-0.25, -0.2) is 0 Å². The summed E-state index contributed by atoms with van der Waals surface area (Å²) in [7, 11) is 0. The lowest BCUT2D eigenvalue weighted by molar-refractivity contribution is -0.122. The summed E-state index contributed by atoms with van der Waals surface area (Å²) < 4.78 is 17.8. The van der Waals surface area contributed by atoms with Crippen LogP contribution in [0.2, 0.25) is 0 Å². The summed E-state index contributed by atoms with van der Waals surface area (Å²) in [5.41, 5.74) is 2.91. The van der Waals surface area contributed by atoms with E-state index in [1.807, 2.05) is 49.0 Å². The maximum atomic E-state index is 12.3. The Labute approximate surface area is 204 Å². The molecule has 2 rings (SSSR count). The maximum Gasteiger partial charge on any atom is 0.251 e. The van der Waals surface area contributed by atoms with E-state index in [1.165, 1.54) is 12.5 Å². The van der Waals surface area contributed by atoms with Crippen molar-refractivity contribution >= 4 is 11.7 Å². The zero-order chi connectivity index (χ0) is 25.3. The average molecular weight is 476 g/mol. The van der Waals surface area contributed by atoms with Gasteiger partial charge >= 0.3 is 0 Å². The van der Waals surface area contributed by atoms with Gasteiger partial charge in [-0.15, -0.1) is 0 Å². The molecular formula is C26H41N3O5. The Morgan fingerprint density at radius 1 is 0.912 bits per heavy atom. The molecule has 1 heterocycles. The topological polar surface area (TPSA) is 91.7 Å². The largest absolute Gasteiger partial charge is 0.377 e. The highest BCUT2D eigenvalue weighted by molar-refractivity contribution is 5.94. The Kier molecular flexibility index (Phi) is 14.7. The van der Waals surface area contributed by atoms with E-state index < -0.39 is 0 Å². The van der Waals surface area contributed by atoms with E-state index in [1.54, 1.807) is 0 Å². The van der Waals surface area contributed by atoms with Crippen LogP contribution in [0.15, 0.2) is 36.7 Å². The number of rotatable bonds is 15. The average Bonchev–Trinajstić information content (AvgIpc) is 3.34. The number of benzene rings is 1. The van der Waals surface area contributed by atoms with Crippen molar-refractivity contribution in [3.05, 3.63) is 53.3 Å². The SMILES string of the molecule is CC.CC(=O)COCCOCCOCCNC(=O)c1ccc(C(C)n2cc(C(C)C)cn2)cc1. The molecule has 2 aromatic rings. The van der Waals surface area contributed by atoms with Gasteiger partial charge in [0.05, 0.1) is 45.3 Å². The van der Waals surface area contributed by atoms with Crippen molar-refractivity contribution in [3.63, 3.8) is 0 Å². The first kappa shape index (κ1) is 29.5. The summed E-state index contributed by atoms with van der Waals surface area (Å²) in [5.74, 6) is 0.305. The Morgan fingerprint density at radius 2 is 1.50 bits per heavy atom. The van der Waals surface area contributed by atoms with Gasteiger partial charge in [0.15, 0.2) is 5.78 Å². The molecule has 1 unspecified atom stereocenters. The van der Waals surface area contributed by atoms with Gasteiger partial charge in [-0.05, 0) is 43.0 Å². The van der Waals surface area contributed by atoms with E-state index in [2.05, 4.69) is 37.4 Å². The van der Waals surface area contributed by atoms with Crippen molar-refractivity contribution in [2.45, 2.75) is 53.5 Å². The lowest BCUT2D eigenvalue weighted by Crippen LogP contribution is -2.27. The number of hydrogen-bond acceptors (Lipinski definition) is 6. The summed E-state index contributed by atoms with van der Waals surface area (Å²) in [6, 6.07) is 7.68. The Bertz CT molecular complexity index is 833. The Morgan fingerprint density at radius 3 is 2.06 bits per heavy atom. The van der Waals surface area contributed by atoms with Gasteiger partial charge < -0.3 is 19.5 Å². The van der Waals surface area contributed by atoms with Gasteiger partial charge in [-0.1, -0.05) is 39.8 Å². The second-order valence-electron chi connectivity index (χ2n) is 7.94. The molecule has 8 nitrogen and oxygen atoms in total. The van der Waals surface area contributed by atoms with Crippen molar-refractivity contribution in [1.82, 2.24) is 15.1 Å². The fraction of sp³-hybridized carbons (Fsp3) is 0.577. The van der Waals surface area contributed by atoms with Crippen LogP contribution in [0.3, 0.4) is 0 Å². The molecule has 8 heteroatoms. The lowest BCUT2D eigenvalue weighted by atomic mass is 10.1. The minimum absolute atomic E-state index is 0.00434. The molecule has 0 spiro atoms. The maximum absolute atomic E-state index is 12.3. The molecule has 0 saturated heterocycles. The summed E-state index contributed by atoms with van der Waals surface area (Å²) in [6.07, 6.45) is 3.98. The van der Waals surface area contributed by atoms with Gasteiger partial charge in [-0.2, -0.15) is 5.10 Å². The number of nitrogens with zero attached hydrogens (tertiary/aromatic N) is 2. The highest BCUT2D eigenvalue weighted by atomic mass is 16.5. The summed E-state index contributed by atoms with van der Waals surface area (Å²) in [6.45, 7) is 14.5. The molecule has 1 amide bonds. The molecule has 1 aromatic heterocycles. The van der Waals surface area contributed by atoms with Gasteiger partial charge in [0, 0.05) is 18.3 Å². The number of carbonyl (C=O) groups is 2. The highest BCUT2D eigenvalue weighted by Crippen LogP contribution is 2.20. The first-order valence-electron chi connectivity index (χ1n) is 12.0. The standard InChI is InChI=1S/C24H35N3O5.C2H6/c1-18(2)23-15-26-27(16-23)20(4)21-5-7-22(8-6-21)24(29)25-9-10-30-11-12-31-13-14-32-17-19(3)28;1-2/h5-8,15-16,18,20H,9-14,17H2,1-4H3,(H,25,29);1-2H3. The van der Waals surface area contributed by atoms with Gasteiger partial charge in [-0.3, -0.25) is 14.3 Å².